The number of hydrogen-bond donors (Lipinski definition) is 1. The van der Waals surface area contributed by atoms with Gasteiger partial charge in [-0.2, -0.15) is 18.3 Å². The van der Waals surface area contributed by atoms with E-state index in [-0.39, 0.29) is 11.5 Å². The maximum absolute atomic E-state index is 13.6. The van der Waals surface area contributed by atoms with Gasteiger partial charge in [-0.05, 0) is 76.1 Å². The van der Waals surface area contributed by atoms with Gasteiger partial charge in [0.05, 0.1) is 39.0 Å². The third-order valence-corrected chi connectivity index (χ3v) is 9.50. The van der Waals surface area contributed by atoms with Crippen LogP contribution in [0.5, 0.6) is 11.5 Å². The lowest BCUT2D eigenvalue weighted by Crippen LogP contribution is -2.39. The Morgan fingerprint density at radius 3 is 2.37 bits per heavy atom. The first-order valence-electron chi connectivity index (χ1n) is 12.9. The predicted octanol–water partition coefficient (Wildman–Crippen LogP) is 8.36. The second-order valence-electron chi connectivity index (χ2n) is 9.34. The molecule has 46 heavy (non-hydrogen) atoms. The number of anilines is 1. The number of hydrogen-bond acceptors (Lipinski definition) is 6. The highest BCUT2D eigenvalue weighted by Crippen LogP contribution is 2.39. The Morgan fingerprint density at radius 1 is 1.00 bits per heavy atom. The number of ether oxygens (including phenoxy) is 2. The minimum atomic E-state index is -4.87. The molecule has 242 valence electrons. The van der Waals surface area contributed by atoms with Crippen LogP contribution >= 0.6 is 50.7 Å². The molecule has 0 saturated carbocycles. The van der Waals surface area contributed by atoms with Gasteiger partial charge in [0.15, 0.2) is 11.5 Å². The van der Waals surface area contributed by atoms with Crippen molar-refractivity contribution in [1.29, 1.82) is 0 Å². The van der Waals surface area contributed by atoms with E-state index in [1.165, 1.54) is 37.6 Å². The van der Waals surface area contributed by atoms with E-state index in [4.69, 9.17) is 44.3 Å². The third kappa shape index (κ3) is 8.65. The van der Waals surface area contributed by atoms with E-state index in [1.54, 1.807) is 36.4 Å². The molecule has 0 aliphatic heterocycles. The monoisotopic (exact) mass is 777 g/mol. The first-order chi connectivity index (χ1) is 21.7. The van der Waals surface area contributed by atoms with Gasteiger partial charge in [0.2, 0.25) is 0 Å². The molecule has 0 heterocycles. The zero-order chi connectivity index (χ0) is 33.6. The SMILES string of the molecule is COc1cc(/C=N\NC(=O)CN(c2ccc(Cl)c(C(F)(F)F)c2)S(=O)(=O)c2ccccc2)cc(Br)c1OCc1ccc(Cl)cc1Cl. The van der Waals surface area contributed by atoms with Crippen LogP contribution in [0, 0.1) is 0 Å². The second kappa shape index (κ2) is 14.9. The number of rotatable bonds is 11. The van der Waals surface area contributed by atoms with Gasteiger partial charge in [-0.15, -0.1) is 0 Å². The Bertz CT molecular complexity index is 1880. The van der Waals surface area contributed by atoms with Crippen molar-refractivity contribution in [2.75, 3.05) is 18.0 Å². The van der Waals surface area contributed by atoms with Crippen molar-refractivity contribution < 1.29 is 35.9 Å². The van der Waals surface area contributed by atoms with Crippen molar-refractivity contribution in [1.82, 2.24) is 5.43 Å². The fraction of sp³-hybridized carbons (Fsp3) is 0.133. The van der Waals surface area contributed by atoms with Gasteiger partial charge in [-0.3, -0.25) is 9.10 Å². The number of alkyl halides is 3. The molecule has 0 atom stereocenters. The van der Waals surface area contributed by atoms with Crippen LogP contribution in [0.4, 0.5) is 18.9 Å². The Hall–Kier alpha value is -3.49. The number of amides is 1. The molecule has 4 rings (SSSR count). The van der Waals surface area contributed by atoms with Crippen molar-refractivity contribution in [3.05, 3.63) is 115 Å². The first-order valence-corrected chi connectivity index (χ1v) is 16.3. The molecule has 0 unspecified atom stereocenters. The van der Waals surface area contributed by atoms with Gasteiger partial charge in [-0.1, -0.05) is 59.1 Å². The van der Waals surface area contributed by atoms with Crippen LogP contribution < -0.4 is 19.2 Å². The van der Waals surface area contributed by atoms with Crippen molar-refractivity contribution in [2.24, 2.45) is 5.10 Å². The van der Waals surface area contributed by atoms with Crippen LogP contribution in [0.25, 0.3) is 0 Å². The van der Waals surface area contributed by atoms with E-state index in [2.05, 4.69) is 26.5 Å². The molecule has 4 aromatic rings. The molecule has 0 saturated heterocycles. The first kappa shape index (κ1) is 35.4. The van der Waals surface area contributed by atoms with Crippen LogP contribution in [0.2, 0.25) is 15.1 Å². The molecule has 1 amide bonds. The van der Waals surface area contributed by atoms with E-state index >= 15 is 0 Å². The third-order valence-electron chi connectivity index (χ3n) is 6.20. The summed E-state index contributed by atoms with van der Waals surface area (Å²) >= 11 is 21.3. The summed E-state index contributed by atoms with van der Waals surface area (Å²) in [5.74, 6) is -0.265. The van der Waals surface area contributed by atoms with Gasteiger partial charge < -0.3 is 9.47 Å². The molecule has 0 radical (unpaired) electrons. The number of nitrogens with zero attached hydrogens (tertiary/aromatic N) is 2. The fourth-order valence-corrected chi connectivity index (χ4v) is 6.70. The number of carbonyl (C=O) groups excluding carboxylic acids is 1. The average Bonchev–Trinajstić information content (AvgIpc) is 3.00. The van der Waals surface area contributed by atoms with Crippen molar-refractivity contribution in [3.8, 4) is 11.5 Å². The Balaban J connectivity index is 1.54. The summed E-state index contributed by atoms with van der Waals surface area (Å²) in [6, 6.07) is 17.7. The van der Waals surface area contributed by atoms with Crippen LogP contribution in [-0.2, 0) is 27.6 Å². The predicted molar refractivity (Wildman–Crippen MR) is 175 cm³/mol. The fourth-order valence-electron chi connectivity index (χ4n) is 4.01. The van der Waals surface area contributed by atoms with Crippen LogP contribution in [0.3, 0.4) is 0 Å². The molecule has 4 aromatic carbocycles. The molecule has 0 aliphatic carbocycles. The lowest BCUT2D eigenvalue weighted by molar-refractivity contribution is -0.137. The lowest BCUT2D eigenvalue weighted by atomic mass is 10.2. The van der Waals surface area contributed by atoms with Crippen molar-refractivity contribution in [3.63, 3.8) is 0 Å². The topological polar surface area (TPSA) is 97.3 Å². The highest BCUT2D eigenvalue weighted by atomic mass is 79.9. The quantitative estimate of drug-likeness (QED) is 0.122. The van der Waals surface area contributed by atoms with E-state index in [0.29, 0.717) is 47.5 Å². The Morgan fingerprint density at radius 2 is 1.72 bits per heavy atom. The smallest absolute Gasteiger partial charge is 0.417 e. The van der Waals surface area contributed by atoms with E-state index in [9.17, 15) is 26.4 Å². The summed E-state index contributed by atoms with van der Waals surface area (Å²) in [7, 11) is -3.07. The number of halogens is 7. The number of sulfonamides is 1. The zero-order valence-electron chi connectivity index (χ0n) is 23.5. The summed E-state index contributed by atoms with van der Waals surface area (Å²) in [6.45, 7) is -0.796. The maximum Gasteiger partial charge on any atom is 0.417 e. The molecule has 8 nitrogen and oxygen atoms in total. The molecule has 0 fully saturated rings. The molecule has 1 N–H and O–H groups in total. The lowest BCUT2D eigenvalue weighted by Gasteiger charge is -2.24. The van der Waals surface area contributed by atoms with E-state index < -0.39 is 44.9 Å². The summed E-state index contributed by atoms with van der Waals surface area (Å²) in [5, 5.41) is 4.15. The summed E-state index contributed by atoms with van der Waals surface area (Å²) in [4.78, 5) is 12.7. The normalized spacial score (nSPS) is 11.8. The minimum Gasteiger partial charge on any atom is -0.493 e. The average molecular weight is 780 g/mol. The van der Waals surface area contributed by atoms with Crippen molar-refractivity contribution >= 4 is 78.6 Å². The standard InChI is InChI=1S/C30H22BrCl3F3N3O5S/c1-44-27-12-18(11-24(31)29(27)45-17-19-7-8-20(32)13-26(19)34)15-38-39-28(41)16-40(46(42,43)22-5-3-2-4-6-22)21-9-10-25(33)23(14-21)30(35,36)37/h2-15H,16-17H2,1H3,(H,39,41)/b38-15-. The van der Waals surface area contributed by atoms with E-state index in [1.807, 2.05) is 0 Å². The van der Waals surface area contributed by atoms with Gasteiger partial charge in [0.25, 0.3) is 15.9 Å². The molecule has 16 heteroatoms. The molecule has 0 spiro atoms. The molecular formula is C30H22BrCl3F3N3O5S. The molecule has 0 aromatic heterocycles. The molecule has 0 aliphatic rings. The van der Waals surface area contributed by atoms with Gasteiger partial charge in [0, 0.05) is 15.6 Å². The second-order valence-corrected chi connectivity index (χ2v) is 13.3. The largest absolute Gasteiger partial charge is 0.493 e. The Kier molecular flexibility index (Phi) is 11.5. The molecule has 0 bridgehead atoms. The van der Waals surface area contributed by atoms with Crippen LogP contribution in [0.1, 0.15) is 16.7 Å². The number of nitrogens with one attached hydrogen (secondary N) is 1. The maximum atomic E-state index is 13.6. The highest BCUT2D eigenvalue weighted by molar-refractivity contribution is 9.10. The Labute approximate surface area is 285 Å². The summed E-state index contributed by atoms with van der Waals surface area (Å²) in [6.07, 6.45) is -3.62. The van der Waals surface area contributed by atoms with Crippen LogP contribution in [-0.4, -0.2) is 34.2 Å². The van der Waals surface area contributed by atoms with Gasteiger partial charge in [-0.25, -0.2) is 13.8 Å². The minimum absolute atomic E-state index is 0.106. The zero-order valence-corrected chi connectivity index (χ0v) is 28.2. The van der Waals surface area contributed by atoms with Crippen molar-refractivity contribution in [2.45, 2.75) is 17.7 Å². The number of carbonyl (C=O) groups is 1. The number of benzene rings is 4. The number of hydrazone groups is 1. The highest BCUT2D eigenvalue weighted by Gasteiger charge is 2.35. The number of methoxy groups -OCH3 is 1. The summed E-state index contributed by atoms with van der Waals surface area (Å²) < 4.78 is 80.0. The van der Waals surface area contributed by atoms with E-state index in [0.717, 1.165) is 12.1 Å². The van der Waals surface area contributed by atoms with Gasteiger partial charge in [0.1, 0.15) is 13.2 Å². The molecular weight excluding hydrogens is 758 g/mol. The van der Waals surface area contributed by atoms with Crippen LogP contribution in [0.15, 0.2) is 93.3 Å². The van der Waals surface area contributed by atoms with Gasteiger partial charge >= 0.3 is 6.18 Å². The summed E-state index contributed by atoms with van der Waals surface area (Å²) in [5.41, 5.74) is 1.65.